The standard InChI is InChI=1S/C26H23ClF2N4O4S/c27-22-11-18(17-2-5-21(6-3-17)38(35,36)33-14-26(28,29)15-33)9-19-10-20(37-25(19)22)4-8-24(34)32-13-16-1-7-23(30)31-12-16/h1-9,11-12,20H,10,13-15H2,(H2,30,31)(H,32,34)/b8-4+. The van der Waals surface area contributed by atoms with Gasteiger partial charge in [0.2, 0.25) is 15.9 Å². The van der Waals surface area contributed by atoms with Crippen molar-refractivity contribution in [3.63, 3.8) is 0 Å². The highest BCUT2D eigenvalue weighted by Crippen LogP contribution is 2.40. The van der Waals surface area contributed by atoms with Gasteiger partial charge < -0.3 is 15.8 Å². The van der Waals surface area contributed by atoms with Crippen molar-refractivity contribution < 1.29 is 26.7 Å². The Hall–Kier alpha value is -3.54. The van der Waals surface area contributed by atoms with Crippen LogP contribution in [-0.4, -0.2) is 48.7 Å². The summed E-state index contributed by atoms with van der Waals surface area (Å²) in [4.78, 5) is 16.1. The molecule has 1 saturated heterocycles. The van der Waals surface area contributed by atoms with Crippen molar-refractivity contribution in [1.29, 1.82) is 0 Å². The Morgan fingerprint density at radius 1 is 1.18 bits per heavy atom. The van der Waals surface area contributed by atoms with E-state index in [9.17, 15) is 22.0 Å². The number of halogens is 3. The number of nitrogens with two attached hydrogens (primary N) is 1. The number of carbonyl (C=O) groups excluding carboxylic acids is 1. The lowest BCUT2D eigenvalue weighted by Crippen LogP contribution is -2.58. The van der Waals surface area contributed by atoms with Gasteiger partial charge in [0, 0.05) is 30.8 Å². The van der Waals surface area contributed by atoms with Crippen molar-refractivity contribution in [2.24, 2.45) is 0 Å². The van der Waals surface area contributed by atoms with Crippen molar-refractivity contribution in [2.75, 3.05) is 18.8 Å². The Bertz CT molecular complexity index is 1510. The summed E-state index contributed by atoms with van der Waals surface area (Å²) in [5, 5.41) is 3.15. The summed E-state index contributed by atoms with van der Waals surface area (Å²) >= 11 is 6.46. The molecule has 1 atom stereocenters. The molecular formula is C26H23ClF2N4O4S. The summed E-state index contributed by atoms with van der Waals surface area (Å²) in [5.41, 5.74) is 8.67. The number of nitrogens with one attached hydrogen (secondary N) is 1. The Balaban J connectivity index is 1.22. The molecule has 0 radical (unpaired) electrons. The molecule has 0 bridgehead atoms. The van der Waals surface area contributed by atoms with Crippen molar-refractivity contribution in [2.45, 2.75) is 29.9 Å². The van der Waals surface area contributed by atoms with Crippen LogP contribution in [0.3, 0.4) is 0 Å². The number of aromatic nitrogens is 1. The van der Waals surface area contributed by atoms with Crippen LogP contribution in [0.25, 0.3) is 11.1 Å². The second kappa shape index (κ2) is 9.97. The Morgan fingerprint density at radius 2 is 1.92 bits per heavy atom. The molecule has 2 aromatic carbocycles. The fraction of sp³-hybridized carbons (Fsp3) is 0.231. The fourth-order valence-corrected chi connectivity index (χ4v) is 5.99. The number of hydrogen-bond acceptors (Lipinski definition) is 6. The monoisotopic (exact) mass is 560 g/mol. The average Bonchev–Trinajstić information content (AvgIpc) is 3.29. The van der Waals surface area contributed by atoms with Gasteiger partial charge in [0.15, 0.2) is 0 Å². The SMILES string of the molecule is Nc1ccc(CNC(=O)/C=C/C2Cc3cc(-c4ccc(S(=O)(=O)N5CC(F)(F)C5)cc4)cc(Cl)c3O2)cn1. The van der Waals surface area contributed by atoms with E-state index in [1.54, 1.807) is 42.6 Å². The summed E-state index contributed by atoms with van der Waals surface area (Å²) in [5.74, 6) is -2.34. The molecule has 1 amide bonds. The Kier molecular flexibility index (Phi) is 6.84. The molecular weight excluding hydrogens is 538 g/mol. The van der Waals surface area contributed by atoms with Gasteiger partial charge in [0.25, 0.3) is 5.92 Å². The van der Waals surface area contributed by atoms with Crippen molar-refractivity contribution >= 4 is 33.3 Å². The van der Waals surface area contributed by atoms with Crippen molar-refractivity contribution in [1.82, 2.24) is 14.6 Å². The maximum absolute atomic E-state index is 13.1. The van der Waals surface area contributed by atoms with Crippen LogP contribution in [0.2, 0.25) is 5.02 Å². The van der Waals surface area contributed by atoms with E-state index in [0.29, 0.717) is 35.1 Å². The molecule has 2 aliphatic heterocycles. The summed E-state index contributed by atoms with van der Waals surface area (Å²) < 4.78 is 58.0. The van der Waals surface area contributed by atoms with Crippen LogP contribution >= 0.6 is 11.6 Å². The molecule has 1 unspecified atom stereocenters. The lowest BCUT2D eigenvalue weighted by Gasteiger charge is -2.37. The smallest absolute Gasteiger partial charge is 0.275 e. The zero-order chi connectivity index (χ0) is 27.1. The van der Waals surface area contributed by atoms with Gasteiger partial charge in [-0.15, -0.1) is 0 Å². The van der Waals surface area contributed by atoms with E-state index in [2.05, 4.69) is 10.3 Å². The molecule has 1 fully saturated rings. The number of pyridine rings is 1. The molecule has 0 spiro atoms. The number of benzene rings is 2. The lowest BCUT2D eigenvalue weighted by molar-refractivity contribution is -0.116. The Morgan fingerprint density at radius 3 is 2.58 bits per heavy atom. The molecule has 3 aromatic rings. The zero-order valence-electron chi connectivity index (χ0n) is 19.9. The third kappa shape index (κ3) is 5.50. The summed E-state index contributed by atoms with van der Waals surface area (Å²) in [6, 6.07) is 13.0. The normalized spacial score (nSPS) is 18.6. The molecule has 198 valence electrons. The average molecular weight is 561 g/mol. The molecule has 1 aromatic heterocycles. The van der Waals surface area contributed by atoms with Crippen molar-refractivity contribution in [3.05, 3.63) is 83.0 Å². The van der Waals surface area contributed by atoms with Gasteiger partial charge in [-0.25, -0.2) is 22.2 Å². The van der Waals surface area contributed by atoms with Gasteiger partial charge in [-0.3, -0.25) is 4.79 Å². The minimum atomic E-state index is -3.97. The molecule has 3 N–H and O–H groups in total. The number of anilines is 1. The van der Waals surface area contributed by atoms with E-state index in [4.69, 9.17) is 22.1 Å². The van der Waals surface area contributed by atoms with Crippen LogP contribution < -0.4 is 15.8 Å². The van der Waals surface area contributed by atoms with E-state index in [0.717, 1.165) is 21.0 Å². The first-order valence-corrected chi connectivity index (χ1v) is 13.5. The quantitative estimate of drug-likeness (QED) is 0.425. The molecule has 2 aliphatic rings. The molecule has 12 heteroatoms. The number of sulfonamides is 1. The van der Waals surface area contributed by atoms with Crippen LogP contribution in [0, 0.1) is 0 Å². The molecule has 38 heavy (non-hydrogen) atoms. The minimum absolute atomic E-state index is 0.0523. The van der Waals surface area contributed by atoms with E-state index in [1.807, 2.05) is 6.07 Å². The highest BCUT2D eigenvalue weighted by molar-refractivity contribution is 7.89. The predicted octanol–water partition coefficient (Wildman–Crippen LogP) is 3.80. The van der Waals surface area contributed by atoms with Crippen LogP contribution in [0.4, 0.5) is 14.6 Å². The van der Waals surface area contributed by atoms with E-state index < -0.39 is 29.0 Å². The van der Waals surface area contributed by atoms with Gasteiger partial charge in [0.05, 0.1) is 23.0 Å². The number of carbonyl (C=O) groups is 1. The maximum Gasteiger partial charge on any atom is 0.275 e. The number of ether oxygens (including phenoxy) is 1. The van der Waals surface area contributed by atoms with Crippen LogP contribution in [-0.2, 0) is 27.8 Å². The third-order valence-electron chi connectivity index (χ3n) is 6.23. The van der Waals surface area contributed by atoms with Crippen LogP contribution in [0.5, 0.6) is 5.75 Å². The number of nitrogens with zero attached hydrogens (tertiary/aromatic N) is 2. The highest BCUT2D eigenvalue weighted by atomic mass is 35.5. The van der Waals surface area contributed by atoms with Gasteiger partial charge in [0.1, 0.15) is 17.7 Å². The van der Waals surface area contributed by atoms with Gasteiger partial charge in [-0.1, -0.05) is 29.8 Å². The molecule has 8 nitrogen and oxygen atoms in total. The van der Waals surface area contributed by atoms with E-state index in [-0.39, 0.29) is 16.9 Å². The molecule has 3 heterocycles. The predicted molar refractivity (Wildman–Crippen MR) is 138 cm³/mol. The first kappa shape index (κ1) is 26.1. The number of rotatable bonds is 7. The third-order valence-corrected chi connectivity index (χ3v) is 8.31. The van der Waals surface area contributed by atoms with E-state index in [1.165, 1.54) is 18.2 Å². The van der Waals surface area contributed by atoms with Crippen LogP contribution in [0.1, 0.15) is 11.1 Å². The molecule has 5 rings (SSSR count). The minimum Gasteiger partial charge on any atom is -0.484 e. The summed E-state index contributed by atoms with van der Waals surface area (Å²) in [6.45, 7) is -1.31. The maximum atomic E-state index is 13.1. The highest BCUT2D eigenvalue weighted by Gasteiger charge is 2.49. The first-order valence-electron chi connectivity index (χ1n) is 11.6. The van der Waals surface area contributed by atoms with Crippen molar-refractivity contribution in [3.8, 4) is 16.9 Å². The van der Waals surface area contributed by atoms with Gasteiger partial charge in [-0.2, -0.15) is 4.31 Å². The van der Waals surface area contributed by atoms with E-state index >= 15 is 0 Å². The zero-order valence-corrected chi connectivity index (χ0v) is 21.5. The first-order chi connectivity index (χ1) is 18.0. The van der Waals surface area contributed by atoms with Gasteiger partial charge in [-0.05, 0) is 53.1 Å². The topological polar surface area (TPSA) is 115 Å². The number of fused-ring (bicyclic) bond motifs is 1. The number of hydrogen-bond donors (Lipinski definition) is 2. The molecule has 0 saturated carbocycles. The van der Waals surface area contributed by atoms with Crippen LogP contribution in [0.15, 0.2) is 71.8 Å². The largest absolute Gasteiger partial charge is 0.484 e. The molecule has 0 aliphatic carbocycles. The summed E-state index contributed by atoms with van der Waals surface area (Å²) in [7, 11) is -3.97. The number of nitrogen functional groups attached to an aromatic ring is 1. The Labute approximate surface area is 223 Å². The van der Waals surface area contributed by atoms with Gasteiger partial charge >= 0.3 is 0 Å². The second-order valence-corrected chi connectivity index (χ2v) is 11.5. The second-order valence-electron chi connectivity index (χ2n) is 9.13. The lowest BCUT2D eigenvalue weighted by atomic mass is 10.0. The number of amides is 1. The fourth-order valence-electron chi connectivity index (χ4n) is 4.21. The number of alkyl halides is 2. The summed E-state index contributed by atoms with van der Waals surface area (Å²) in [6.07, 6.45) is 4.76.